The van der Waals surface area contributed by atoms with Crippen molar-refractivity contribution < 1.29 is 19.4 Å². The number of nitrogens with zero attached hydrogens (tertiary/aromatic N) is 1. The number of aliphatic imine (C=N–C) groups is 1. The Labute approximate surface area is 148 Å². The van der Waals surface area contributed by atoms with E-state index < -0.39 is 6.10 Å². The number of ether oxygens (including phenoxy) is 2. The van der Waals surface area contributed by atoms with E-state index in [0.29, 0.717) is 21.5 Å². The molecular weight excluding hydrogens is 374 g/mol. The highest BCUT2D eigenvalue weighted by Gasteiger charge is 2.33. The third-order valence-electron chi connectivity index (χ3n) is 3.71. The van der Waals surface area contributed by atoms with Crippen LogP contribution in [0.25, 0.3) is 0 Å². The molecule has 5 nitrogen and oxygen atoms in total. The summed E-state index contributed by atoms with van der Waals surface area (Å²) in [4.78, 5) is 15.6. The number of benzene rings is 2. The van der Waals surface area contributed by atoms with E-state index in [2.05, 4.69) is 20.9 Å². The van der Waals surface area contributed by atoms with Crippen molar-refractivity contribution in [3.8, 4) is 11.5 Å². The number of hydrogen-bond donors (Lipinski definition) is 1. The van der Waals surface area contributed by atoms with Gasteiger partial charge in [0.25, 0.3) is 0 Å². The molecule has 0 bridgehead atoms. The molecule has 6 heteroatoms. The van der Waals surface area contributed by atoms with Gasteiger partial charge < -0.3 is 14.6 Å². The third-order valence-corrected chi connectivity index (χ3v) is 4.35. The summed E-state index contributed by atoms with van der Waals surface area (Å²) in [6.07, 6.45) is 0.950. The Balaban J connectivity index is 1.85. The van der Waals surface area contributed by atoms with Crippen molar-refractivity contribution in [3.05, 3.63) is 52.0 Å². The molecule has 1 N–H and O–H groups in total. The maximum atomic E-state index is 11.2. The zero-order chi connectivity index (χ0) is 17.3. The summed E-state index contributed by atoms with van der Waals surface area (Å²) in [6, 6.07) is 10.8. The lowest BCUT2D eigenvalue weighted by Gasteiger charge is -2.14. The minimum atomic E-state index is -0.398. The number of aromatic hydroxyl groups is 1. The van der Waals surface area contributed by atoms with E-state index in [9.17, 15) is 9.90 Å². The molecule has 0 aliphatic carbocycles. The van der Waals surface area contributed by atoms with Crippen molar-refractivity contribution in [2.75, 3.05) is 0 Å². The van der Waals surface area contributed by atoms with Crippen LogP contribution in [0.2, 0.25) is 0 Å². The lowest BCUT2D eigenvalue weighted by Crippen LogP contribution is -2.18. The van der Waals surface area contributed by atoms with Crippen LogP contribution in [0, 0.1) is 0 Å². The van der Waals surface area contributed by atoms with E-state index >= 15 is 0 Å². The predicted molar refractivity (Wildman–Crippen MR) is 94.1 cm³/mol. The van der Waals surface area contributed by atoms with Gasteiger partial charge in [-0.05, 0) is 47.1 Å². The number of para-hydroxylation sites is 1. The van der Waals surface area contributed by atoms with Gasteiger partial charge in [-0.25, -0.2) is 0 Å². The highest BCUT2D eigenvalue weighted by Crippen LogP contribution is 2.41. The van der Waals surface area contributed by atoms with E-state index in [0.717, 1.165) is 5.56 Å². The number of phenolic OH excluding ortho intramolecular Hbond substituents is 1. The van der Waals surface area contributed by atoms with Gasteiger partial charge in [0, 0.05) is 30.3 Å². The second-order valence-corrected chi connectivity index (χ2v) is 6.37. The Morgan fingerprint density at radius 2 is 2.17 bits per heavy atom. The lowest BCUT2D eigenvalue weighted by atomic mass is 10.1. The molecule has 2 atom stereocenters. The summed E-state index contributed by atoms with van der Waals surface area (Å²) in [5.74, 6) is 0.458. The van der Waals surface area contributed by atoms with Crippen molar-refractivity contribution in [1.29, 1.82) is 0 Å². The van der Waals surface area contributed by atoms with Gasteiger partial charge in [0.1, 0.15) is 17.6 Å². The molecule has 3 rings (SSSR count). The highest BCUT2D eigenvalue weighted by molar-refractivity contribution is 9.10. The quantitative estimate of drug-likeness (QED) is 0.627. The minimum Gasteiger partial charge on any atom is -0.506 e. The number of rotatable bonds is 3. The molecule has 0 amide bonds. The van der Waals surface area contributed by atoms with Crippen LogP contribution in [0.1, 0.15) is 31.1 Å². The van der Waals surface area contributed by atoms with Crippen LogP contribution in [-0.2, 0) is 9.53 Å². The smallest absolute Gasteiger partial charge is 0.303 e. The fourth-order valence-electron chi connectivity index (χ4n) is 2.57. The van der Waals surface area contributed by atoms with Crippen molar-refractivity contribution in [2.45, 2.75) is 26.1 Å². The molecule has 1 aliphatic rings. The number of carbonyl (C=O) groups is 1. The first-order valence-electron chi connectivity index (χ1n) is 7.45. The van der Waals surface area contributed by atoms with E-state index in [1.165, 1.54) is 6.92 Å². The first-order chi connectivity index (χ1) is 11.5. The maximum Gasteiger partial charge on any atom is 0.303 e. The first kappa shape index (κ1) is 16.5. The van der Waals surface area contributed by atoms with Crippen LogP contribution >= 0.6 is 15.9 Å². The Hall–Kier alpha value is -2.34. The number of carbonyl (C=O) groups excluding carboxylic acids is 1. The van der Waals surface area contributed by atoms with Crippen LogP contribution < -0.4 is 4.74 Å². The molecule has 0 radical (unpaired) electrons. The monoisotopic (exact) mass is 389 g/mol. The van der Waals surface area contributed by atoms with Gasteiger partial charge in [0.05, 0.1) is 10.2 Å². The highest BCUT2D eigenvalue weighted by atomic mass is 79.9. The van der Waals surface area contributed by atoms with Crippen molar-refractivity contribution >= 4 is 33.8 Å². The fourth-order valence-corrected chi connectivity index (χ4v) is 2.96. The van der Waals surface area contributed by atoms with Crippen LogP contribution in [-0.4, -0.2) is 23.4 Å². The van der Waals surface area contributed by atoms with E-state index in [-0.39, 0.29) is 17.8 Å². The van der Waals surface area contributed by atoms with Crippen molar-refractivity contribution in [2.24, 2.45) is 4.99 Å². The lowest BCUT2D eigenvalue weighted by molar-refractivity contribution is -0.149. The Morgan fingerprint density at radius 3 is 2.92 bits per heavy atom. The summed E-state index contributed by atoms with van der Waals surface area (Å²) in [7, 11) is 0. The Kier molecular flexibility index (Phi) is 4.57. The van der Waals surface area contributed by atoms with E-state index in [1.54, 1.807) is 24.4 Å². The molecule has 0 spiro atoms. The first-order valence-corrected chi connectivity index (χ1v) is 8.24. The summed E-state index contributed by atoms with van der Waals surface area (Å²) in [6.45, 7) is 3.24. The molecule has 0 fully saturated rings. The zero-order valence-corrected chi connectivity index (χ0v) is 14.8. The topological polar surface area (TPSA) is 68.1 Å². The van der Waals surface area contributed by atoms with Crippen LogP contribution in [0.4, 0.5) is 5.69 Å². The van der Waals surface area contributed by atoms with Crippen molar-refractivity contribution in [1.82, 2.24) is 0 Å². The second-order valence-electron chi connectivity index (χ2n) is 5.51. The van der Waals surface area contributed by atoms with Crippen molar-refractivity contribution in [3.63, 3.8) is 0 Å². The van der Waals surface area contributed by atoms with Gasteiger partial charge in [0.2, 0.25) is 0 Å². The average molecular weight is 390 g/mol. The van der Waals surface area contributed by atoms with Crippen LogP contribution in [0.15, 0.2) is 45.9 Å². The molecule has 0 saturated heterocycles. The largest absolute Gasteiger partial charge is 0.506 e. The SMILES string of the molecule is CC(=O)O[C@H]1c2ccc(N=Cc3cccc(Br)c3O)cc2OC1C. The number of esters is 1. The normalized spacial score (nSPS) is 19.1. The second kappa shape index (κ2) is 6.65. The maximum absolute atomic E-state index is 11.2. The molecule has 0 aromatic heterocycles. The number of phenols is 1. The van der Waals surface area contributed by atoms with Gasteiger partial charge >= 0.3 is 5.97 Å². The summed E-state index contributed by atoms with van der Waals surface area (Å²) in [5.41, 5.74) is 2.13. The number of halogens is 1. The Morgan fingerprint density at radius 1 is 1.38 bits per heavy atom. The molecule has 1 heterocycles. The van der Waals surface area contributed by atoms with Crippen LogP contribution in [0.3, 0.4) is 0 Å². The van der Waals surface area contributed by atoms with Gasteiger partial charge in [-0.1, -0.05) is 6.07 Å². The average Bonchev–Trinajstić information content (AvgIpc) is 2.83. The summed E-state index contributed by atoms with van der Waals surface area (Å²) in [5, 5.41) is 9.97. The van der Waals surface area contributed by atoms with Gasteiger partial charge in [-0.15, -0.1) is 0 Å². The molecule has 124 valence electrons. The van der Waals surface area contributed by atoms with E-state index in [4.69, 9.17) is 9.47 Å². The van der Waals surface area contributed by atoms with Gasteiger partial charge in [0.15, 0.2) is 6.10 Å². The van der Waals surface area contributed by atoms with Gasteiger partial charge in [-0.3, -0.25) is 9.79 Å². The fraction of sp³-hybridized carbons (Fsp3) is 0.222. The molecule has 2 aromatic carbocycles. The number of hydrogen-bond acceptors (Lipinski definition) is 5. The number of fused-ring (bicyclic) bond motifs is 1. The molecule has 1 aliphatic heterocycles. The standard InChI is InChI=1S/C18H16BrNO4/c1-10-18(24-11(2)21)14-7-6-13(8-16(14)23-10)20-9-12-4-3-5-15(19)17(12)22/h3-10,18,22H,1-2H3/t10?,18-/m1/s1. The van der Waals surface area contributed by atoms with Gasteiger partial charge in [-0.2, -0.15) is 0 Å². The Bertz CT molecular complexity index is 819. The third kappa shape index (κ3) is 3.28. The molecule has 2 aromatic rings. The summed E-state index contributed by atoms with van der Waals surface area (Å²) < 4.78 is 11.7. The molecular formula is C18H16BrNO4. The summed E-state index contributed by atoms with van der Waals surface area (Å²) >= 11 is 3.27. The molecule has 0 saturated carbocycles. The predicted octanol–water partition coefficient (Wildman–Crippen LogP) is 4.29. The molecule has 24 heavy (non-hydrogen) atoms. The minimum absolute atomic E-state index is 0.141. The van der Waals surface area contributed by atoms with E-state index in [1.807, 2.05) is 25.1 Å². The molecule has 1 unspecified atom stereocenters. The van der Waals surface area contributed by atoms with Crippen LogP contribution in [0.5, 0.6) is 11.5 Å². The zero-order valence-electron chi connectivity index (χ0n) is 13.2.